The molecule has 0 saturated heterocycles. The molecule has 0 aromatic heterocycles. The van der Waals surface area contributed by atoms with E-state index in [0.29, 0.717) is 11.4 Å². The van der Waals surface area contributed by atoms with Gasteiger partial charge in [0.15, 0.2) is 0 Å². The van der Waals surface area contributed by atoms with Crippen molar-refractivity contribution in [3.63, 3.8) is 0 Å². The Kier molecular flexibility index (Phi) is 8.92. The Morgan fingerprint density at radius 3 is 1.16 bits per heavy atom. The fourth-order valence-corrected chi connectivity index (χ4v) is 3.83. The molecule has 4 aromatic carbocycles. The zero-order valence-electron chi connectivity index (χ0n) is 21.5. The number of nitrogens with one attached hydrogen (secondary N) is 2. The molecule has 38 heavy (non-hydrogen) atoms. The molecule has 0 unspecified atom stereocenters. The maximum absolute atomic E-state index is 12.2. The van der Waals surface area contributed by atoms with Crippen LogP contribution in [0.5, 0.6) is 0 Å². The fraction of sp³-hybridized carbons (Fsp3) is 0.125. The van der Waals surface area contributed by atoms with Crippen LogP contribution in [0.4, 0.5) is 0 Å². The molecule has 0 heterocycles. The smallest absolute Gasteiger partial charge is 0.240 e. The molecular weight excluding hydrogens is 472 g/mol. The standard InChI is InChI=1S/C32H30N4O2/c1-23(25-13-17-29(18-14-25)27-9-5-3-6-10-27)33-35-31(37)21-22-32(38)36-34-24(2)26-15-19-30(20-16-26)28-11-7-4-8-12-28/h3-20H,21-22H2,1-2H3,(H,35,37)(H,36,38)/b33-23+,34-24+. The molecule has 0 atom stereocenters. The number of benzene rings is 4. The van der Waals surface area contributed by atoms with Crippen LogP contribution in [0.25, 0.3) is 22.3 Å². The van der Waals surface area contributed by atoms with Crippen LogP contribution in [0.2, 0.25) is 0 Å². The van der Waals surface area contributed by atoms with E-state index in [9.17, 15) is 9.59 Å². The van der Waals surface area contributed by atoms with E-state index < -0.39 is 0 Å². The molecular formula is C32H30N4O2. The second-order valence-corrected chi connectivity index (χ2v) is 8.85. The number of carbonyl (C=O) groups excluding carboxylic acids is 2. The lowest BCUT2D eigenvalue weighted by atomic mass is 10.0. The zero-order chi connectivity index (χ0) is 26.7. The maximum Gasteiger partial charge on any atom is 0.240 e. The summed E-state index contributed by atoms with van der Waals surface area (Å²) in [5.41, 5.74) is 12.7. The largest absolute Gasteiger partial charge is 0.273 e. The van der Waals surface area contributed by atoms with Gasteiger partial charge in [0.05, 0.1) is 11.4 Å². The first-order valence-corrected chi connectivity index (χ1v) is 12.5. The van der Waals surface area contributed by atoms with Crippen LogP contribution in [-0.2, 0) is 9.59 Å². The Balaban J connectivity index is 1.22. The van der Waals surface area contributed by atoms with Crippen molar-refractivity contribution in [2.24, 2.45) is 10.2 Å². The number of hydrazone groups is 2. The fourth-order valence-electron chi connectivity index (χ4n) is 3.83. The topological polar surface area (TPSA) is 82.9 Å². The van der Waals surface area contributed by atoms with Gasteiger partial charge in [-0.05, 0) is 47.2 Å². The molecule has 0 aliphatic rings. The van der Waals surface area contributed by atoms with Gasteiger partial charge in [0.2, 0.25) is 11.8 Å². The summed E-state index contributed by atoms with van der Waals surface area (Å²) in [4.78, 5) is 24.4. The molecule has 6 nitrogen and oxygen atoms in total. The van der Waals surface area contributed by atoms with Gasteiger partial charge in [-0.15, -0.1) is 0 Å². The van der Waals surface area contributed by atoms with Gasteiger partial charge in [0.1, 0.15) is 0 Å². The minimum atomic E-state index is -0.336. The molecule has 4 aromatic rings. The molecule has 2 N–H and O–H groups in total. The molecule has 0 fully saturated rings. The highest BCUT2D eigenvalue weighted by atomic mass is 16.2. The Hall–Kier alpha value is -4.84. The highest BCUT2D eigenvalue weighted by molar-refractivity contribution is 6.00. The van der Waals surface area contributed by atoms with Gasteiger partial charge in [0.25, 0.3) is 0 Å². The third kappa shape index (κ3) is 7.34. The van der Waals surface area contributed by atoms with Crippen LogP contribution in [0.3, 0.4) is 0 Å². The lowest BCUT2D eigenvalue weighted by Gasteiger charge is -2.06. The molecule has 0 bridgehead atoms. The quantitative estimate of drug-likeness (QED) is 0.212. The average molecular weight is 503 g/mol. The van der Waals surface area contributed by atoms with Crippen LogP contribution >= 0.6 is 0 Å². The molecule has 4 rings (SSSR count). The summed E-state index contributed by atoms with van der Waals surface area (Å²) in [6, 6.07) is 36.2. The third-order valence-corrected chi connectivity index (χ3v) is 6.10. The molecule has 2 amide bonds. The van der Waals surface area contributed by atoms with Crippen LogP contribution in [0.15, 0.2) is 119 Å². The summed E-state index contributed by atoms with van der Waals surface area (Å²) in [5.74, 6) is -0.671. The predicted molar refractivity (Wildman–Crippen MR) is 154 cm³/mol. The van der Waals surface area contributed by atoms with Gasteiger partial charge >= 0.3 is 0 Å². The van der Waals surface area contributed by atoms with Crippen molar-refractivity contribution in [1.29, 1.82) is 0 Å². The van der Waals surface area contributed by atoms with E-state index in [1.54, 1.807) is 0 Å². The van der Waals surface area contributed by atoms with Crippen LogP contribution < -0.4 is 10.9 Å². The average Bonchev–Trinajstić information content (AvgIpc) is 2.98. The van der Waals surface area contributed by atoms with Crippen LogP contribution in [0.1, 0.15) is 37.8 Å². The molecule has 0 aliphatic heterocycles. The minimum absolute atomic E-state index is 0.00982. The van der Waals surface area contributed by atoms with E-state index >= 15 is 0 Å². The highest BCUT2D eigenvalue weighted by Crippen LogP contribution is 2.20. The number of hydrogen-bond donors (Lipinski definition) is 2. The van der Waals surface area contributed by atoms with Crippen molar-refractivity contribution in [1.82, 2.24) is 10.9 Å². The maximum atomic E-state index is 12.2. The van der Waals surface area contributed by atoms with Crippen molar-refractivity contribution < 1.29 is 9.59 Å². The first-order valence-electron chi connectivity index (χ1n) is 12.5. The van der Waals surface area contributed by atoms with Gasteiger partial charge in [-0.3, -0.25) is 9.59 Å². The molecule has 0 spiro atoms. The van der Waals surface area contributed by atoms with E-state index in [1.807, 2.05) is 98.8 Å². The molecule has 190 valence electrons. The van der Waals surface area contributed by atoms with Crippen LogP contribution in [0, 0.1) is 0 Å². The van der Waals surface area contributed by atoms with E-state index in [2.05, 4.69) is 45.3 Å². The van der Waals surface area contributed by atoms with Crippen molar-refractivity contribution in [2.75, 3.05) is 0 Å². The molecule has 0 radical (unpaired) electrons. The Labute approximate surface area is 223 Å². The summed E-state index contributed by atoms with van der Waals surface area (Å²) in [6.45, 7) is 3.66. The van der Waals surface area contributed by atoms with Crippen molar-refractivity contribution in [3.8, 4) is 22.3 Å². The third-order valence-electron chi connectivity index (χ3n) is 6.10. The summed E-state index contributed by atoms with van der Waals surface area (Å²) < 4.78 is 0. The van der Waals surface area contributed by atoms with Gasteiger partial charge in [-0.25, -0.2) is 10.9 Å². The number of carbonyl (C=O) groups is 2. The number of rotatable bonds is 9. The Bertz CT molecular complexity index is 1310. The second-order valence-electron chi connectivity index (χ2n) is 8.85. The SMILES string of the molecule is C/C(=N\NC(=O)CCC(=O)N/N=C(\C)c1ccc(-c2ccccc2)cc1)c1ccc(-c2ccccc2)cc1. The predicted octanol–water partition coefficient (Wildman–Crippen LogP) is 6.18. The first-order chi connectivity index (χ1) is 18.5. The molecule has 0 saturated carbocycles. The lowest BCUT2D eigenvalue weighted by Crippen LogP contribution is -2.24. The zero-order valence-corrected chi connectivity index (χ0v) is 21.5. The van der Waals surface area contributed by atoms with E-state index in [-0.39, 0.29) is 24.7 Å². The van der Waals surface area contributed by atoms with E-state index in [1.165, 1.54) is 0 Å². The summed E-state index contributed by atoms with van der Waals surface area (Å²) in [6.07, 6.45) is 0.0196. The monoisotopic (exact) mass is 502 g/mol. The van der Waals surface area contributed by atoms with Gasteiger partial charge in [-0.2, -0.15) is 10.2 Å². The van der Waals surface area contributed by atoms with Gasteiger partial charge in [-0.1, -0.05) is 109 Å². The minimum Gasteiger partial charge on any atom is -0.273 e. The van der Waals surface area contributed by atoms with Crippen molar-refractivity contribution >= 4 is 23.2 Å². The van der Waals surface area contributed by atoms with Crippen molar-refractivity contribution in [3.05, 3.63) is 120 Å². The number of hydrogen-bond acceptors (Lipinski definition) is 4. The number of nitrogens with zero attached hydrogens (tertiary/aromatic N) is 2. The Morgan fingerprint density at radius 2 is 0.816 bits per heavy atom. The summed E-state index contributed by atoms with van der Waals surface area (Å²) in [7, 11) is 0. The summed E-state index contributed by atoms with van der Waals surface area (Å²) >= 11 is 0. The second kappa shape index (κ2) is 12.9. The first kappa shape index (κ1) is 26.2. The van der Waals surface area contributed by atoms with Gasteiger partial charge < -0.3 is 0 Å². The van der Waals surface area contributed by atoms with Crippen LogP contribution in [-0.4, -0.2) is 23.2 Å². The highest BCUT2D eigenvalue weighted by Gasteiger charge is 2.08. The Morgan fingerprint density at radius 1 is 0.500 bits per heavy atom. The lowest BCUT2D eigenvalue weighted by molar-refractivity contribution is -0.126. The van der Waals surface area contributed by atoms with Crippen molar-refractivity contribution in [2.45, 2.75) is 26.7 Å². The normalized spacial score (nSPS) is 11.6. The van der Waals surface area contributed by atoms with E-state index in [0.717, 1.165) is 33.4 Å². The molecule has 0 aliphatic carbocycles. The number of amides is 2. The molecule has 6 heteroatoms. The van der Waals surface area contributed by atoms with E-state index in [4.69, 9.17) is 0 Å². The summed E-state index contributed by atoms with van der Waals surface area (Å²) in [5, 5.41) is 8.35. The van der Waals surface area contributed by atoms with Gasteiger partial charge in [0, 0.05) is 12.8 Å².